The van der Waals surface area contributed by atoms with Crippen LogP contribution in [0.5, 0.6) is 11.5 Å². The summed E-state index contributed by atoms with van der Waals surface area (Å²) in [6.07, 6.45) is 0. The molecule has 1 amide bonds. The summed E-state index contributed by atoms with van der Waals surface area (Å²) in [7, 11) is 1.57. The number of aliphatic hydroxyl groups is 1. The predicted molar refractivity (Wildman–Crippen MR) is 143 cm³/mol. The van der Waals surface area contributed by atoms with E-state index in [9.17, 15) is 14.7 Å². The van der Waals surface area contributed by atoms with Gasteiger partial charge in [-0.25, -0.2) is 0 Å². The van der Waals surface area contributed by atoms with Gasteiger partial charge in [0.2, 0.25) is 0 Å². The minimum absolute atomic E-state index is 0.0744. The molecule has 2 heterocycles. The molecule has 0 radical (unpaired) electrons. The maximum Gasteiger partial charge on any atom is 0.300 e. The Morgan fingerprint density at radius 3 is 2.33 bits per heavy atom. The van der Waals surface area contributed by atoms with Gasteiger partial charge in [0.15, 0.2) is 0 Å². The average Bonchev–Trinajstić information content (AvgIpc) is 3.38. The monoisotopic (exact) mass is 505 g/mol. The van der Waals surface area contributed by atoms with E-state index < -0.39 is 17.7 Å². The van der Waals surface area contributed by atoms with Crippen LogP contribution in [-0.2, 0) is 15.0 Å². The molecule has 6 nitrogen and oxygen atoms in total. The zero-order chi connectivity index (χ0) is 26.2. The number of ether oxygens (including phenoxy) is 2. The van der Waals surface area contributed by atoms with Crippen molar-refractivity contribution >= 4 is 34.5 Å². The quantitative estimate of drug-likeness (QED) is 0.239. The van der Waals surface area contributed by atoms with Crippen molar-refractivity contribution in [3.05, 3.63) is 81.1 Å². The van der Waals surface area contributed by atoms with Gasteiger partial charge < -0.3 is 14.6 Å². The summed E-state index contributed by atoms with van der Waals surface area (Å²) in [5, 5.41) is 13.5. The van der Waals surface area contributed by atoms with Gasteiger partial charge in [-0.2, -0.15) is 0 Å². The minimum Gasteiger partial charge on any atom is -0.507 e. The third-order valence-electron chi connectivity index (χ3n) is 6.31. The molecule has 0 aliphatic carbocycles. The number of benzene rings is 2. The lowest BCUT2D eigenvalue weighted by Gasteiger charge is -2.26. The summed E-state index contributed by atoms with van der Waals surface area (Å²) in [6, 6.07) is 13.6. The largest absolute Gasteiger partial charge is 0.507 e. The van der Waals surface area contributed by atoms with Gasteiger partial charge in [0.1, 0.15) is 23.3 Å². The number of hydrogen-bond donors (Lipinski definition) is 1. The lowest BCUT2D eigenvalue weighted by Crippen LogP contribution is -2.29. The van der Waals surface area contributed by atoms with E-state index >= 15 is 0 Å². The number of rotatable bonds is 6. The fourth-order valence-electron chi connectivity index (χ4n) is 4.45. The maximum absolute atomic E-state index is 13.4. The third kappa shape index (κ3) is 4.51. The van der Waals surface area contributed by atoms with Crippen molar-refractivity contribution < 1.29 is 24.2 Å². The van der Waals surface area contributed by atoms with Crippen molar-refractivity contribution in [2.45, 2.75) is 46.1 Å². The molecular weight excluding hydrogens is 474 g/mol. The third-order valence-corrected chi connectivity index (χ3v) is 7.38. The van der Waals surface area contributed by atoms with Gasteiger partial charge in [0.05, 0.1) is 19.3 Å². The van der Waals surface area contributed by atoms with Gasteiger partial charge in [-0.3, -0.25) is 14.5 Å². The van der Waals surface area contributed by atoms with Crippen molar-refractivity contribution in [3.8, 4) is 11.5 Å². The Labute approximate surface area is 215 Å². The second kappa shape index (κ2) is 9.82. The van der Waals surface area contributed by atoms with Crippen molar-refractivity contribution in [2.75, 3.05) is 18.6 Å². The first-order chi connectivity index (χ1) is 17.1. The molecule has 1 aliphatic heterocycles. The van der Waals surface area contributed by atoms with Gasteiger partial charge in [-0.15, -0.1) is 11.3 Å². The number of carbonyl (C=O) groups is 2. The number of ketones is 1. The van der Waals surface area contributed by atoms with Gasteiger partial charge in [-0.05, 0) is 78.7 Å². The van der Waals surface area contributed by atoms with E-state index in [4.69, 9.17) is 9.47 Å². The molecule has 188 valence electrons. The number of aliphatic hydroxyl groups excluding tert-OH is 1. The Kier molecular flexibility index (Phi) is 6.96. The van der Waals surface area contributed by atoms with Crippen LogP contribution >= 0.6 is 11.3 Å². The number of Topliss-reactive ketones (excluding diaryl/α,β-unsaturated/α-hetero) is 1. The molecule has 0 saturated carbocycles. The number of carbonyl (C=O) groups excluding carboxylic acids is 2. The molecular formula is C29H31NO5S. The Balaban J connectivity index is 1.92. The Hall–Kier alpha value is -3.58. The molecule has 7 heteroatoms. The maximum atomic E-state index is 13.4. The molecule has 0 bridgehead atoms. The van der Waals surface area contributed by atoms with E-state index in [-0.39, 0.29) is 16.7 Å². The average molecular weight is 506 g/mol. The SMILES string of the molecule is CCOc1ccc(/C(O)=C2/C(=O)C(=O)N(c3ccc(OC)cc3)C2c2sccc2C)cc1C(C)(C)C. The number of methoxy groups -OCH3 is 1. The topological polar surface area (TPSA) is 76.1 Å². The Morgan fingerprint density at radius 1 is 1.08 bits per heavy atom. The number of nitrogens with zero attached hydrogens (tertiary/aromatic N) is 1. The molecule has 2 aromatic carbocycles. The lowest BCUT2D eigenvalue weighted by atomic mass is 9.84. The van der Waals surface area contributed by atoms with Crippen LogP contribution in [0.25, 0.3) is 5.76 Å². The molecule has 0 spiro atoms. The zero-order valence-corrected chi connectivity index (χ0v) is 22.2. The first-order valence-electron chi connectivity index (χ1n) is 11.8. The fraction of sp³-hybridized carbons (Fsp3) is 0.310. The number of thiophene rings is 1. The van der Waals surface area contributed by atoms with Gasteiger partial charge in [-0.1, -0.05) is 20.8 Å². The molecule has 4 rings (SSSR count). The summed E-state index contributed by atoms with van der Waals surface area (Å²) in [5.41, 5.74) is 2.68. The minimum atomic E-state index is -0.747. The van der Waals surface area contributed by atoms with Crippen LogP contribution in [0.3, 0.4) is 0 Å². The van der Waals surface area contributed by atoms with Crippen LogP contribution < -0.4 is 14.4 Å². The summed E-state index contributed by atoms with van der Waals surface area (Å²) < 4.78 is 11.1. The summed E-state index contributed by atoms with van der Waals surface area (Å²) >= 11 is 1.45. The van der Waals surface area contributed by atoms with E-state index in [1.807, 2.05) is 37.4 Å². The molecule has 36 heavy (non-hydrogen) atoms. The smallest absolute Gasteiger partial charge is 0.300 e. The van der Waals surface area contributed by atoms with Gasteiger partial charge >= 0.3 is 0 Å². The Morgan fingerprint density at radius 2 is 1.78 bits per heavy atom. The lowest BCUT2D eigenvalue weighted by molar-refractivity contribution is -0.132. The van der Waals surface area contributed by atoms with Crippen LogP contribution in [0, 0.1) is 6.92 Å². The summed E-state index contributed by atoms with van der Waals surface area (Å²) in [4.78, 5) is 29.1. The molecule has 1 fully saturated rings. The zero-order valence-electron chi connectivity index (χ0n) is 21.4. The highest BCUT2D eigenvalue weighted by atomic mass is 32.1. The highest BCUT2D eigenvalue weighted by molar-refractivity contribution is 7.10. The number of aryl methyl sites for hydroxylation is 1. The van der Waals surface area contributed by atoms with Crippen LogP contribution in [0.15, 0.2) is 59.5 Å². The van der Waals surface area contributed by atoms with Crippen molar-refractivity contribution in [1.82, 2.24) is 0 Å². The standard InChI is InChI=1S/C29H31NO5S/c1-7-35-22-13-8-18(16-21(22)29(3,4)5)25(31)23-24(27-17(2)14-15-36-27)30(28(33)26(23)32)19-9-11-20(34-6)12-10-19/h8-16,24,31H,7H2,1-6H3/b25-23-. The van der Waals surface area contributed by atoms with E-state index in [1.54, 1.807) is 37.4 Å². The van der Waals surface area contributed by atoms with Crippen LogP contribution in [-0.4, -0.2) is 30.5 Å². The second-order valence-corrected chi connectivity index (χ2v) is 10.7. The fourth-order valence-corrected chi connectivity index (χ4v) is 5.48. The molecule has 1 aromatic heterocycles. The van der Waals surface area contributed by atoms with Crippen LogP contribution in [0.2, 0.25) is 0 Å². The van der Waals surface area contributed by atoms with E-state index in [0.29, 0.717) is 23.6 Å². The van der Waals surface area contributed by atoms with E-state index in [0.717, 1.165) is 21.8 Å². The molecule has 1 saturated heterocycles. The van der Waals surface area contributed by atoms with E-state index in [1.165, 1.54) is 16.2 Å². The van der Waals surface area contributed by atoms with Gasteiger partial charge in [0.25, 0.3) is 11.7 Å². The first kappa shape index (κ1) is 25.5. The summed E-state index contributed by atoms with van der Waals surface area (Å²) in [5.74, 6) is -0.223. The van der Waals surface area contributed by atoms with Gasteiger partial charge in [0, 0.05) is 21.7 Å². The molecule has 1 atom stereocenters. The van der Waals surface area contributed by atoms with Crippen LogP contribution in [0.1, 0.15) is 55.3 Å². The van der Waals surface area contributed by atoms with Crippen molar-refractivity contribution in [2.24, 2.45) is 0 Å². The normalized spacial score (nSPS) is 17.5. The molecule has 1 aliphatic rings. The molecule has 1 unspecified atom stereocenters. The number of hydrogen-bond acceptors (Lipinski definition) is 6. The van der Waals surface area contributed by atoms with E-state index in [2.05, 4.69) is 20.8 Å². The van der Waals surface area contributed by atoms with Crippen LogP contribution in [0.4, 0.5) is 5.69 Å². The highest BCUT2D eigenvalue weighted by Crippen LogP contribution is 2.45. The number of anilines is 1. The first-order valence-corrected chi connectivity index (χ1v) is 12.7. The number of amides is 1. The summed E-state index contributed by atoms with van der Waals surface area (Å²) in [6.45, 7) is 10.6. The Bertz CT molecular complexity index is 1330. The predicted octanol–water partition coefficient (Wildman–Crippen LogP) is 6.39. The van der Waals surface area contributed by atoms with Crippen molar-refractivity contribution in [3.63, 3.8) is 0 Å². The highest BCUT2D eigenvalue weighted by Gasteiger charge is 2.48. The van der Waals surface area contributed by atoms with Crippen molar-refractivity contribution in [1.29, 1.82) is 0 Å². The molecule has 3 aromatic rings. The molecule has 1 N–H and O–H groups in total. The second-order valence-electron chi connectivity index (χ2n) is 9.73.